The number of rotatable bonds is 3. The highest BCUT2D eigenvalue weighted by atomic mass is 16.3. The van der Waals surface area contributed by atoms with Crippen LogP contribution in [0.15, 0.2) is 50.3 Å². The lowest BCUT2D eigenvalue weighted by molar-refractivity contribution is 0.0935. The minimum atomic E-state index is -0.403. The molecule has 0 aliphatic heterocycles. The van der Waals surface area contributed by atoms with Crippen molar-refractivity contribution in [2.45, 2.75) is 19.9 Å². The second-order valence-electron chi connectivity index (χ2n) is 6.26. The number of fused-ring (bicyclic) bond motifs is 2. The van der Waals surface area contributed by atoms with Crippen LogP contribution in [0.4, 0.5) is 0 Å². The number of carbonyl (C=O) groups is 1. The molecule has 3 aromatic heterocycles. The predicted octanol–water partition coefficient (Wildman–Crippen LogP) is 3.07. The molecule has 0 aliphatic carbocycles. The maximum Gasteiger partial charge on any atom is 0.265 e. The molecule has 0 bridgehead atoms. The van der Waals surface area contributed by atoms with Gasteiger partial charge in [0.1, 0.15) is 28.8 Å². The van der Waals surface area contributed by atoms with Gasteiger partial charge >= 0.3 is 0 Å². The van der Waals surface area contributed by atoms with E-state index in [1.54, 1.807) is 14.0 Å². The first-order chi connectivity index (χ1) is 12.5. The zero-order chi connectivity index (χ0) is 18.4. The van der Waals surface area contributed by atoms with E-state index in [-0.39, 0.29) is 28.3 Å². The number of furan rings is 2. The smallest absolute Gasteiger partial charge is 0.265 e. The summed E-state index contributed by atoms with van der Waals surface area (Å²) in [4.78, 5) is 29.3. The first kappa shape index (κ1) is 16.1. The van der Waals surface area contributed by atoms with Crippen molar-refractivity contribution in [3.05, 3.63) is 64.1 Å². The molecule has 1 N–H and O–H groups in total. The quantitative estimate of drug-likeness (QED) is 0.612. The first-order valence-corrected chi connectivity index (χ1v) is 8.19. The maximum absolute atomic E-state index is 12.8. The Kier molecular flexibility index (Phi) is 3.64. The lowest BCUT2D eigenvalue weighted by Crippen LogP contribution is -2.28. The Bertz CT molecular complexity index is 1170. The van der Waals surface area contributed by atoms with Gasteiger partial charge in [-0.2, -0.15) is 0 Å². The highest BCUT2D eigenvalue weighted by molar-refractivity contribution is 6.06. The van der Waals surface area contributed by atoms with Gasteiger partial charge in [-0.15, -0.1) is 0 Å². The van der Waals surface area contributed by atoms with Gasteiger partial charge in [-0.25, -0.2) is 4.98 Å². The van der Waals surface area contributed by atoms with Gasteiger partial charge in [0.05, 0.1) is 11.6 Å². The van der Waals surface area contributed by atoms with E-state index in [0.29, 0.717) is 11.5 Å². The molecule has 0 spiro atoms. The Morgan fingerprint density at radius 1 is 1.27 bits per heavy atom. The average molecular weight is 351 g/mol. The molecular weight excluding hydrogens is 334 g/mol. The molecule has 3 heterocycles. The number of aromatic nitrogens is 2. The number of hydrogen-bond acceptors (Lipinski definition) is 5. The summed E-state index contributed by atoms with van der Waals surface area (Å²) in [5.41, 5.74) is 0.795. The van der Waals surface area contributed by atoms with Crippen LogP contribution in [0.3, 0.4) is 0 Å². The number of nitrogens with one attached hydrogen (secondary N) is 1. The zero-order valence-corrected chi connectivity index (χ0v) is 14.6. The van der Waals surface area contributed by atoms with Crippen molar-refractivity contribution in [1.29, 1.82) is 0 Å². The number of benzene rings is 1. The SMILES string of the molecule is Cc1oc2ncn(C)c(=O)c2c1C(=O)NC(C)c1cc2ccccc2o1. The average Bonchev–Trinajstić information content (AvgIpc) is 3.19. The predicted molar refractivity (Wildman–Crippen MR) is 96.1 cm³/mol. The fourth-order valence-corrected chi connectivity index (χ4v) is 3.02. The van der Waals surface area contributed by atoms with Gasteiger partial charge in [0, 0.05) is 12.4 Å². The van der Waals surface area contributed by atoms with Crippen LogP contribution in [0.25, 0.3) is 22.1 Å². The molecule has 4 rings (SSSR count). The van der Waals surface area contributed by atoms with Crippen LogP contribution in [-0.2, 0) is 7.05 Å². The van der Waals surface area contributed by atoms with Gasteiger partial charge in [-0.05, 0) is 26.0 Å². The Balaban J connectivity index is 1.70. The Morgan fingerprint density at radius 2 is 2.04 bits per heavy atom. The van der Waals surface area contributed by atoms with Crippen molar-refractivity contribution >= 4 is 28.0 Å². The first-order valence-electron chi connectivity index (χ1n) is 8.19. The molecule has 0 saturated heterocycles. The second kappa shape index (κ2) is 5.87. The minimum Gasteiger partial charge on any atom is -0.459 e. The van der Waals surface area contributed by atoms with Crippen molar-refractivity contribution in [3.63, 3.8) is 0 Å². The third kappa shape index (κ3) is 2.48. The molecule has 1 amide bonds. The monoisotopic (exact) mass is 351 g/mol. The number of carbonyl (C=O) groups excluding carboxylic acids is 1. The summed E-state index contributed by atoms with van der Waals surface area (Å²) in [5.74, 6) is 0.584. The largest absolute Gasteiger partial charge is 0.459 e. The van der Waals surface area contributed by atoms with E-state index in [9.17, 15) is 9.59 Å². The maximum atomic E-state index is 12.8. The van der Waals surface area contributed by atoms with Gasteiger partial charge in [-0.1, -0.05) is 18.2 Å². The van der Waals surface area contributed by atoms with Crippen LogP contribution in [-0.4, -0.2) is 15.5 Å². The summed E-state index contributed by atoms with van der Waals surface area (Å²) in [6.45, 7) is 3.46. The normalized spacial score (nSPS) is 12.6. The van der Waals surface area contributed by atoms with Crippen LogP contribution in [0.1, 0.15) is 34.8 Å². The van der Waals surface area contributed by atoms with Gasteiger partial charge in [-0.3, -0.25) is 9.59 Å². The molecule has 132 valence electrons. The molecule has 1 aromatic carbocycles. The summed E-state index contributed by atoms with van der Waals surface area (Å²) >= 11 is 0. The third-order valence-corrected chi connectivity index (χ3v) is 4.39. The highest BCUT2D eigenvalue weighted by Gasteiger charge is 2.24. The van der Waals surface area contributed by atoms with Crippen LogP contribution in [0, 0.1) is 6.92 Å². The highest BCUT2D eigenvalue weighted by Crippen LogP contribution is 2.25. The molecule has 0 aliphatic rings. The van der Waals surface area contributed by atoms with Gasteiger partial charge in [0.25, 0.3) is 11.5 Å². The molecule has 0 radical (unpaired) electrons. The van der Waals surface area contributed by atoms with Crippen molar-refractivity contribution in [1.82, 2.24) is 14.9 Å². The van der Waals surface area contributed by atoms with Crippen LogP contribution in [0.2, 0.25) is 0 Å². The van der Waals surface area contributed by atoms with E-state index in [1.807, 2.05) is 37.3 Å². The summed E-state index contributed by atoms with van der Waals surface area (Å²) in [6.07, 6.45) is 1.37. The molecule has 0 saturated carbocycles. The zero-order valence-electron chi connectivity index (χ0n) is 14.6. The summed E-state index contributed by atoms with van der Waals surface area (Å²) in [5, 5.41) is 4.02. The molecule has 4 aromatic rings. The minimum absolute atomic E-state index is 0.159. The molecule has 7 heteroatoms. The lowest BCUT2D eigenvalue weighted by Gasteiger charge is -2.11. The molecular formula is C19H17N3O4. The number of para-hydroxylation sites is 1. The van der Waals surface area contributed by atoms with Gasteiger partial charge < -0.3 is 18.7 Å². The Hall–Kier alpha value is -3.35. The molecule has 0 fully saturated rings. The third-order valence-electron chi connectivity index (χ3n) is 4.39. The summed E-state index contributed by atoms with van der Waals surface area (Å²) in [7, 11) is 1.58. The lowest BCUT2D eigenvalue weighted by atomic mass is 10.1. The number of amides is 1. The Morgan fingerprint density at radius 3 is 2.81 bits per heavy atom. The van der Waals surface area contributed by atoms with Crippen molar-refractivity contribution in [2.24, 2.45) is 7.05 Å². The number of hydrogen-bond donors (Lipinski definition) is 1. The van der Waals surface area contributed by atoms with E-state index in [4.69, 9.17) is 8.83 Å². The van der Waals surface area contributed by atoms with Crippen molar-refractivity contribution in [3.8, 4) is 0 Å². The summed E-state index contributed by atoms with van der Waals surface area (Å²) < 4.78 is 12.6. The van der Waals surface area contributed by atoms with E-state index >= 15 is 0 Å². The fourth-order valence-electron chi connectivity index (χ4n) is 3.02. The second-order valence-corrected chi connectivity index (χ2v) is 6.26. The topological polar surface area (TPSA) is 90.3 Å². The molecule has 1 unspecified atom stereocenters. The molecule has 26 heavy (non-hydrogen) atoms. The van der Waals surface area contributed by atoms with Crippen LogP contribution >= 0.6 is 0 Å². The Labute approximate surface area is 148 Å². The molecule has 7 nitrogen and oxygen atoms in total. The van der Waals surface area contributed by atoms with Crippen LogP contribution < -0.4 is 10.9 Å². The van der Waals surface area contributed by atoms with E-state index < -0.39 is 5.91 Å². The van der Waals surface area contributed by atoms with E-state index in [2.05, 4.69) is 10.3 Å². The standard InChI is InChI=1S/C19H17N3O4/c1-10(14-8-12-6-4-5-7-13(12)26-14)21-17(23)15-11(2)25-18-16(15)19(24)22(3)9-20-18/h4-10H,1-3H3,(H,21,23). The fraction of sp³-hybridized carbons (Fsp3) is 0.211. The number of nitrogens with zero attached hydrogens (tertiary/aromatic N) is 2. The number of aryl methyl sites for hydroxylation is 2. The van der Waals surface area contributed by atoms with E-state index in [1.165, 1.54) is 10.9 Å². The van der Waals surface area contributed by atoms with E-state index in [0.717, 1.165) is 11.0 Å². The van der Waals surface area contributed by atoms with Crippen LogP contribution in [0.5, 0.6) is 0 Å². The van der Waals surface area contributed by atoms with Gasteiger partial charge in [0.15, 0.2) is 0 Å². The van der Waals surface area contributed by atoms with Gasteiger partial charge in [0.2, 0.25) is 5.71 Å². The molecule has 1 atom stereocenters. The van der Waals surface area contributed by atoms with Crippen molar-refractivity contribution in [2.75, 3.05) is 0 Å². The van der Waals surface area contributed by atoms with Crippen molar-refractivity contribution < 1.29 is 13.6 Å². The summed E-state index contributed by atoms with van der Waals surface area (Å²) in [6, 6.07) is 9.15.